The molecular weight excluding hydrogens is 548 g/mol. The van der Waals surface area contributed by atoms with Crippen LogP contribution in [-0.2, 0) is 14.9 Å². The van der Waals surface area contributed by atoms with Crippen molar-refractivity contribution in [1.29, 1.82) is 0 Å². The molecule has 0 saturated heterocycles. The molecule has 0 spiro atoms. The smallest absolute Gasteiger partial charge is 0.412 e. The first-order valence-corrected chi connectivity index (χ1v) is 14.6. The van der Waals surface area contributed by atoms with Crippen molar-refractivity contribution < 1.29 is 19.4 Å². The number of ether oxygens (including phenoxy) is 1. The molecule has 0 radical (unpaired) electrons. The molecule has 1 unspecified atom stereocenters. The van der Waals surface area contributed by atoms with E-state index < -0.39 is 23.6 Å². The van der Waals surface area contributed by atoms with Crippen LogP contribution in [0.25, 0.3) is 9.40 Å². The standard InChI is InChI=1S/C27H21ClN2O4S3/c1-14(17-4-2-3-5-18(17)28)34-26(33)29-23-19(30-37-24(23)15-6-7-15)9-8-16-12-20-21(35-16)13-22(36-20)27(10-11-27)25(31)32/h2-5,12-15H,6-7,10-11H2,1H3,(H,29,33)(H,31,32). The van der Waals surface area contributed by atoms with Crippen LogP contribution in [0.1, 0.15) is 70.5 Å². The molecule has 2 saturated carbocycles. The van der Waals surface area contributed by atoms with Crippen molar-refractivity contribution in [1.82, 2.24) is 4.37 Å². The van der Waals surface area contributed by atoms with E-state index in [-0.39, 0.29) is 0 Å². The van der Waals surface area contributed by atoms with Crippen molar-refractivity contribution in [2.45, 2.75) is 50.0 Å². The Morgan fingerprint density at radius 3 is 2.62 bits per heavy atom. The molecule has 2 aliphatic rings. The van der Waals surface area contributed by atoms with Crippen LogP contribution in [0.2, 0.25) is 5.02 Å². The first-order valence-electron chi connectivity index (χ1n) is 11.8. The van der Waals surface area contributed by atoms with Gasteiger partial charge in [0.1, 0.15) is 11.5 Å². The number of carbonyl (C=O) groups excluding carboxylic acids is 1. The molecule has 37 heavy (non-hydrogen) atoms. The van der Waals surface area contributed by atoms with Gasteiger partial charge in [0.25, 0.3) is 0 Å². The zero-order valence-corrected chi connectivity index (χ0v) is 22.9. The number of benzene rings is 1. The molecule has 1 amide bonds. The zero-order chi connectivity index (χ0) is 25.7. The van der Waals surface area contributed by atoms with Crippen molar-refractivity contribution in [3.63, 3.8) is 0 Å². The number of nitrogens with one attached hydrogen (secondary N) is 1. The number of amides is 1. The van der Waals surface area contributed by atoms with Gasteiger partial charge in [-0.1, -0.05) is 29.8 Å². The summed E-state index contributed by atoms with van der Waals surface area (Å²) >= 11 is 10.7. The van der Waals surface area contributed by atoms with E-state index in [1.165, 1.54) is 22.9 Å². The lowest BCUT2D eigenvalue weighted by Crippen LogP contribution is -2.17. The van der Waals surface area contributed by atoms with E-state index >= 15 is 0 Å². The van der Waals surface area contributed by atoms with Crippen LogP contribution < -0.4 is 5.32 Å². The SMILES string of the molecule is CC(OC(=O)Nc1c(C#Cc2cc3sc(C4(C(=O)O)CC4)cc3s2)nsc1C1CC1)c1ccccc1Cl. The van der Waals surface area contributed by atoms with Gasteiger partial charge >= 0.3 is 12.1 Å². The van der Waals surface area contributed by atoms with Gasteiger partial charge in [0.05, 0.1) is 15.4 Å². The fourth-order valence-electron chi connectivity index (χ4n) is 4.24. The maximum Gasteiger partial charge on any atom is 0.412 e. The minimum absolute atomic E-state index is 0.388. The number of hydrogen-bond acceptors (Lipinski definition) is 7. The number of halogens is 1. The third kappa shape index (κ3) is 4.75. The molecule has 6 rings (SSSR count). The first kappa shape index (κ1) is 24.4. The summed E-state index contributed by atoms with van der Waals surface area (Å²) in [5.41, 5.74) is 1.19. The lowest BCUT2D eigenvalue weighted by Gasteiger charge is -2.15. The van der Waals surface area contributed by atoms with E-state index in [0.717, 1.165) is 42.4 Å². The van der Waals surface area contributed by atoms with Gasteiger partial charge in [-0.15, -0.1) is 22.7 Å². The molecule has 2 aliphatic carbocycles. The van der Waals surface area contributed by atoms with Crippen molar-refractivity contribution in [2.75, 3.05) is 5.32 Å². The highest BCUT2D eigenvalue weighted by atomic mass is 35.5. The second kappa shape index (κ2) is 9.44. The summed E-state index contributed by atoms with van der Waals surface area (Å²) in [4.78, 5) is 27.3. The number of fused-ring (bicyclic) bond motifs is 1. The van der Waals surface area contributed by atoms with Gasteiger partial charge in [0.2, 0.25) is 0 Å². The quantitative estimate of drug-likeness (QED) is 0.232. The minimum atomic E-state index is -0.740. The van der Waals surface area contributed by atoms with E-state index in [0.29, 0.717) is 35.2 Å². The number of anilines is 1. The van der Waals surface area contributed by atoms with E-state index in [1.54, 1.807) is 24.3 Å². The monoisotopic (exact) mass is 568 g/mol. The molecule has 0 bridgehead atoms. The van der Waals surface area contributed by atoms with Gasteiger partial charge in [-0.05, 0) is 80.1 Å². The number of aliphatic carboxylic acids is 1. The Morgan fingerprint density at radius 1 is 1.19 bits per heavy atom. The summed E-state index contributed by atoms with van der Waals surface area (Å²) in [5, 5.41) is 13.0. The van der Waals surface area contributed by atoms with Gasteiger partial charge in [-0.2, -0.15) is 4.37 Å². The third-order valence-corrected chi connectivity index (χ3v) is 10.4. The first-order chi connectivity index (χ1) is 17.8. The fraction of sp³-hybridized carbons (Fsp3) is 0.296. The maximum atomic E-state index is 12.8. The van der Waals surface area contributed by atoms with Crippen molar-refractivity contribution in [3.05, 3.63) is 67.3 Å². The average Bonchev–Trinajstić information content (AvgIpc) is 3.75. The number of rotatable bonds is 6. The largest absolute Gasteiger partial charge is 0.481 e. The number of nitrogens with zero attached hydrogens (tertiary/aromatic N) is 1. The van der Waals surface area contributed by atoms with Crippen LogP contribution >= 0.6 is 45.8 Å². The van der Waals surface area contributed by atoms with Crippen molar-refractivity contribution >= 4 is 73.0 Å². The molecule has 2 fully saturated rings. The summed E-state index contributed by atoms with van der Waals surface area (Å²) < 4.78 is 12.2. The number of thiophene rings is 2. The molecule has 10 heteroatoms. The number of hydrogen-bond donors (Lipinski definition) is 2. The van der Waals surface area contributed by atoms with Crippen LogP contribution in [-0.4, -0.2) is 21.5 Å². The van der Waals surface area contributed by atoms with Crippen LogP contribution in [0.3, 0.4) is 0 Å². The topological polar surface area (TPSA) is 88.5 Å². The van der Waals surface area contributed by atoms with Gasteiger partial charge in [0.15, 0.2) is 5.69 Å². The molecule has 3 aromatic heterocycles. The molecular formula is C27H21ClN2O4S3. The van der Waals surface area contributed by atoms with Crippen molar-refractivity contribution in [3.8, 4) is 11.8 Å². The fourth-order valence-corrected chi connectivity index (χ4v) is 7.97. The lowest BCUT2D eigenvalue weighted by molar-refractivity contribution is -0.139. The molecule has 188 valence electrons. The highest BCUT2D eigenvalue weighted by Gasteiger charge is 2.53. The number of carboxylic acid groups (broad SMARTS) is 1. The second-order valence-corrected chi connectivity index (χ2v) is 12.7. The number of carbonyl (C=O) groups is 2. The molecule has 6 nitrogen and oxygen atoms in total. The second-order valence-electron chi connectivity index (χ2n) is 9.33. The zero-order valence-electron chi connectivity index (χ0n) is 19.7. The van der Waals surface area contributed by atoms with Gasteiger partial charge in [-0.3, -0.25) is 10.1 Å². The van der Waals surface area contributed by atoms with Crippen molar-refractivity contribution in [2.24, 2.45) is 0 Å². The highest BCUT2D eigenvalue weighted by molar-refractivity contribution is 7.28. The van der Waals surface area contributed by atoms with E-state index in [1.807, 2.05) is 30.3 Å². The summed E-state index contributed by atoms with van der Waals surface area (Å²) in [6, 6.07) is 11.3. The van der Waals surface area contributed by atoms with Crippen LogP contribution in [0.4, 0.5) is 10.5 Å². The minimum Gasteiger partial charge on any atom is -0.481 e. The van der Waals surface area contributed by atoms with Gasteiger partial charge in [0, 0.05) is 24.9 Å². The normalized spacial score (nSPS) is 16.6. The molecule has 2 N–H and O–H groups in total. The highest BCUT2D eigenvalue weighted by Crippen LogP contribution is 2.52. The molecule has 1 atom stereocenters. The predicted molar refractivity (Wildman–Crippen MR) is 148 cm³/mol. The summed E-state index contributed by atoms with van der Waals surface area (Å²) in [6.07, 6.45) is 2.44. The Kier molecular flexibility index (Phi) is 6.24. The van der Waals surface area contributed by atoms with E-state index in [4.69, 9.17) is 16.3 Å². The van der Waals surface area contributed by atoms with Crippen LogP contribution in [0, 0.1) is 11.8 Å². The Balaban J connectivity index is 1.21. The Bertz CT molecular complexity index is 1570. The molecule has 4 aromatic rings. The predicted octanol–water partition coefficient (Wildman–Crippen LogP) is 7.78. The number of carboxylic acids is 1. The molecule has 0 aliphatic heterocycles. The Morgan fingerprint density at radius 2 is 1.95 bits per heavy atom. The lowest BCUT2D eigenvalue weighted by atomic mass is 10.1. The van der Waals surface area contributed by atoms with Gasteiger partial charge in [-0.25, -0.2) is 4.79 Å². The number of aromatic nitrogens is 1. The maximum absolute atomic E-state index is 12.8. The van der Waals surface area contributed by atoms with Gasteiger partial charge < -0.3 is 9.84 Å². The van der Waals surface area contributed by atoms with Crippen LogP contribution in [0.15, 0.2) is 36.4 Å². The summed E-state index contributed by atoms with van der Waals surface area (Å²) in [6.45, 7) is 1.78. The third-order valence-electron chi connectivity index (χ3n) is 6.66. The van der Waals surface area contributed by atoms with E-state index in [9.17, 15) is 14.7 Å². The summed E-state index contributed by atoms with van der Waals surface area (Å²) in [7, 11) is 0. The summed E-state index contributed by atoms with van der Waals surface area (Å²) in [5.74, 6) is 5.97. The Hall–Kier alpha value is -2.90. The molecule has 3 heterocycles. The van der Waals surface area contributed by atoms with Crippen LogP contribution in [0.5, 0.6) is 0 Å². The van der Waals surface area contributed by atoms with E-state index in [2.05, 4.69) is 21.5 Å². The average molecular weight is 569 g/mol. The Labute approximate surface area is 230 Å². The molecule has 1 aromatic carbocycles.